The second kappa shape index (κ2) is 9.33. The zero-order valence-electron chi connectivity index (χ0n) is 14.9. The molecule has 1 aliphatic rings. The number of nitrogens with zero attached hydrogens (tertiary/aromatic N) is 2. The minimum absolute atomic E-state index is 0.0341. The number of likely N-dealkylation sites (N-methyl/N-ethyl adjacent to an activating group) is 1. The van der Waals surface area contributed by atoms with E-state index < -0.39 is 0 Å². The lowest BCUT2D eigenvalue weighted by Gasteiger charge is -2.22. The van der Waals surface area contributed by atoms with Gasteiger partial charge < -0.3 is 20.1 Å². The molecule has 8 nitrogen and oxygen atoms in total. The van der Waals surface area contributed by atoms with Gasteiger partial charge in [0, 0.05) is 46.1 Å². The van der Waals surface area contributed by atoms with Crippen LogP contribution in [0.3, 0.4) is 0 Å². The molecule has 0 aromatic carbocycles. The maximum atomic E-state index is 12.5. The summed E-state index contributed by atoms with van der Waals surface area (Å²) in [5.74, 6) is 0.00951. The van der Waals surface area contributed by atoms with Crippen LogP contribution in [0.15, 0.2) is 18.3 Å². The molecule has 2 rings (SSSR count). The summed E-state index contributed by atoms with van der Waals surface area (Å²) in [6, 6.07) is 3.00. The first-order valence-corrected chi connectivity index (χ1v) is 8.35. The number of amides is 2. The SMILES string of the molecule is CNC(=O)[C@@H]1C[C@@H](NC(=O)c2cccnc2OC)CN1CCCOC. The van der Waals surface area contributed by atoms with Gasteiger partial charge in [-0.05, 0) is 25.0 Å². The molecule has 1 fully saturated rings. The summed E-state index contributed by atoms with van der Waals surface area (Å²) >= 11 is 0. The molecular formula is C17H26N4O4. The zero-order valence-corrected chi connectivity index (χ0v) is 14.9. The predicted octanol–water partition coefficient (Wildman–Crippen LogP) is 0.0454. The van der Waals surface area contributed by atoms with E-state index in [0.29, 0.717) is 25.1 Å². The van der Waals surface area contributed by atoms with E-state index >= 15 is 0 Å². The summed E-state index contributed by atoms with van der Waals surface area (Å²) in [6.07, 6.45) is 2.98. The highest BCUT2D eigenvalue weighted by molar-refractivity contribution is 5.96. The van der Waals surface area contributed by atoms with E-state index in [1.807, 2.05) is 0 Å². The number of rotatable bonds is 8. The van der Waals surface area contributed by atoms with Crippen LogP contribution < -0.4 is 15.4 Å². The Morgan fingerprint density at radius 3 is 2.88 bits per heavy atom. The Hall–Kier alpha value is -2.19. The third-order valence-electron chi connectivity index (χ3n) is 4.29. The van der Waals surface area contributed by atoms with Crippen molar-refractivity contribution in [1.29, 1.82) is 0 Å². The molecule has 0 saturated carbocycles. The summed E-state index contributed by atoms with van der Waals surface area (Å²) in [7, 11) is 4.76. The molecule has 1 aliphatic heterocycles. The highest BCUT2D eigenvalue weighted by Crippen LogP contribution is 2.20. The third-order valence-corrected chi connectivity index (χ3v) is 4.29. The van der Waals surface area contributed by atoms with Crippen LogP contribution in [0.2, 0.25) is 0 Å². The topological polar surface area (TPSA) is 92.8 Å². The molecule has 2 atom stereocenters. The number of aromatic nitrogens is 1. The van der Waals surface area contributed by atoms with Crippen molar-refractivity contribution in [2.45, 2.75) is 24.9 Å². The monoisotopic (exact) mass is 350 g/mol. The van der Waals surface area contributed by atoms with Crippen molar-refractivity contribution in [3.63, 3.8) is 0 Å². The van der Waals surface area contributed by atoms with E-state index in [-0.39, 0.29) is 29.8 Å². The average Bonchev–Trinajstić information content (AvgIpc) is 3.03. The molecule has 1 aromatic rings. The first kappa shape index (κ1) is 19.1. The number of hydrogen-bond donors (Lipinski definition) is 2. The van der Waals surface area contributed by atoms with E-state index in [1.54, 1.807) is 32.5 Å². The normalized spacial score (nSPS) is 20.3. The highest BCUT2D eigenvalue weighted by atomic mass is 16.5. The maximum Gasteiger partial charge on any atom is 0.257 e. The van der Waals surface area contributed by atoms with Gasteiger partial charge in [0.25, 0.3) is 5.91 Å². The number of methoxy groups -OCH3 is 2. The van der Waals surface area contributed by atoms with Crippen LogP contribution in [-0.4, -0.2) is 74.7 Å². The fourth-order valence-electron chi connectivity index (χ4n) is 3.10. The molecule has 25 heavy (non-hydrogen) atoms. The van der Waals surface area contributed by atoms with Gasteiger partial charge >= 0.3 is 0 Å². The van der Waals surface area contributed by atoms with Crippen LogP contribution >= 0.6 is 0 Å². The smallest absolute Gasteiger partial charge is 0.257 e. The zero-order chi connectivity index (χ0) is 18.2. The van der Waals surface area contributed by atoms with Crippen LogP contribution in [0.5, 0.6) is 5.88 Å². The van der Waals surface area contributed by atoms with Gasteiger partial charge in [-0.15, -0.1) is 0 Å². The number of likely N-dealkylation sites (tertiary alicyclic amines) is 1. The molecule has 2 amide bonds. The molecule has 1 saturated heterocycles. The fraction of sp³-hybridized carbons (Fsp3) is 0.588. The number of hydrogen-bond acceptors (Lipinski definition) is 6. The predicted molar refractivity (Wildman–Crippen MR) is 92.6 cm³/mol. The summed E-state index contributed by atoms with van der Waals surface area (Å²) in [4.78, 5) is 30.8. The summed E-state index contributed by atoms with van der Waals surface area (Å²) in [5.41, 5.74) is 0.388. The van der Waals surface area contributed by atoms with Crippen molar-refractivity contribution >= 4 is 11.8 Å². The maximum absolute atomic E-state index is 12.5. The number of ether oxygens (including phenoxy) is 2. The van der Waals surface area contributed by atoms with Gasteiger partial charge in [0.1, 0.15) is 5.56 Å². The Morgan fingerprint density at radius 2 is 2.20 bits per heavy atom. The van der Waals surface area contributed by atoms with Crippen molar-refractivity contribution in [3.05, 3.63) is 23.9 Å². The Morgan fingerprint density at radius 1 is 1.40 bits per heavy atom. The molecule has 0 unspecified atom stereocenters. The van der Waals surface area contributed by atoms with E-state index in [0.717, 1.165) is 13.0 Å². The van der Waals surface area contributed by atoms with E-state index in [2.05, 4.69) is 20.5 Å². The molecule has 0 spiro atoms. The standard InChI is InChI=1S/C17H26N4O4/c1-18-16(23)14-10-12(11-21(14)8-5-9-24-2)20-15(22)13-6-4-7-19-17(13)25-3/h4,6-7,12,14H,5,8-11H2,1-3H3,(H,18,23)(H,20,22)/t12-,14+/m1/s1. The van der Waals surface area contributed by atoms with E-state index in [9.17, 15) is 9.59 Å². The van der Waals surface area contributed by atoms with Crippen LogP contribution in [0, 0.1) is 0 Å². The van der Waals surface area contributed by atoms with Crippen LogP contribution in [-0.2, 0) is 9.53 Å². The lowest BCUT2D eigenvalue weighted by atomic mass is 10.1. The molecule has 8 heteroatoms. The fourth-order valence-corrected chi connectivity index (χ4v) is 3.10. The molecule has 2 heterocycles. The van der Waals surface area contributed by atoms with Crippen LogP contribution in [0.25, 0.3) is 0 Å². The Kier molecular flexibility index (Phi) is 7.15. The van der Waals surface area contributed by atoms with Gasteiger partial charge in [-0.25, -0.2) is 4.98 Å². The van der Waals surface area contributed by atoms with Crippen molar-refractivity contribution < 1.29 is 19.1 Å². The first-order chi connectivity index (χ1) is 12.1. The van der Waals surface area contributed by atoms with Crippen molar-refractivity contribution in [2.24, 2.45) is 0 Å². The van der Waals surface area contributed by atoms with Gasteiger partial charge in [-0.2, -0.15) is 0 Å². The molecule has 0 bridgehead atoms. The minimum Gasteiger partial charge on any atom is -0.480 e. The van der Waals surface area contributed by atoms with Crippen molar-refractivity contribution in [1.82, 2.24) is 20.5 Å². The van der Waals surface area contributed by atoms with Gasteiger partial charge in [0.2, 0.25) is 11.8 Å². The van der Waals surface area contributed by atoms with Gasteiger partial charge in [0.05, 0.1) is 13.2 Å². The molecule has 1 aromatic heterocycles. The third kappa shape index (κ3) is 4.90. The largest absolute Gasteiger partial charge is 0.480 e. The molecule has 138 valence electrons. The first-order valence-electron chi connectivity index (χ1n) is 8.35. The van der Waals surface area contributed by atoms with Gasteiger partial charge in [-0.3, -0.25) is 14.5 Å². The van der Waals surface area contributed by atoms with E-state index in [4.69, 9.17) is 9.47 Å². The van der Waals surface area contributed by atoms with Crippen LogP contribution in [0.4, 0.5) is 0 Å². The average molecular weight is 350 g/mol. The Labute approximate surface area is 147 Å². The Balaban J connectivity index is 2.02. The number of nitrogens with one attached hydrogen (secondary N) is 2. The van der Waals surface area contributed by atoms with Crippen molar-refractivity contribution in [3.8, 4) is 5.88 Å². The molecular weight excluding hydrogens is 324 g/mol. The van der Waals surface area contributed by atoms with E-state index in [1.165, 1.54) is 7.11 Å². The second-order valence-corrected chi connectivity index (χ2v) is 5.94. The summed E-state index contributed by atoms with van der Waals surface area (Å²) in [5, 5.41) is 5.68. The lowest BCUT2D eigenvalue weighted by Crippen LogP contribution is -2.42. The lowest BCUT2D eigenvalue weighted by molar-refractivity contribution is -0.125. The summed E-state index contributed by atoms with van der Waals surface area (Å²) in [6.45, 7) is 2.01. The number of pyridine rings is 1. The molecule has 0 radical (unpaired) electrons. The number of carbonyl (C=O) groups is 2. The molecule has 0 aliphatic carbocycles. The van der Waals surface area contributed by atoms with Crippen molar-refractivity contribution in [2.75, 3.05) is 41.0 Å². The summed E-state index contributed by atoms with van der Waals surface area (Å²) < 4.78 is 10.2. The van der Waals surface area contributed by atoms with Crippen LogP contribution in [0.1, 0.15) is 23.2 Å². The highest BCUT2D eigenvalue weighted by Gasteiger charge is 2.36. The van der Waals surface area contributed by atoms with Gasteiger partial charge in [-0.1, -0.05) is 0 Å². The minimum atomic E-state index is -0.247. The second-order valence-electron chi connectivity index (χ2n) is 5.94. The number of carbonyl (C=O) groups excluding carboxylic acids is 2. The Bertz CT molecular complexity index is 596. The quantitative estimate of drug-likeness (QED) is 0.644. The van der Waals surface area contributed by atoms with Gasteiger partial charge in [0.15, 0.2) is 0 Å². The molecule has 2 N–H and O–H groups in total.